The molecule has 0 spiro atoms. The molecule has 0 aromatic heterocycles. The molecule has 0 saturated carbocycles. The molecule has 2 aromatic rings. The van der Waals surface area contributed by atoms with E-state index in [9.17, 15) is 14.4 Å². The Morgan fingerprint density at radius 3 is 2.44 bits per heavy atom. The van der Waals surface area contributed by atoms with Crippen LogP contribution in [0.3, 0.4) is 0 Å². The number of nitrogens with zero attached hydrogens (tertiary/aromatic N) is 4. The van der Waals surface area contributed by atoms with Crippen molar-refractivity contribution in [2.45, 2.75) is 19.4 Å². The summed E-state index contributed by atoms with van der Waals surface area (Å²) in [5, 5.41) is 8.45. The van der Waals surface area contributed by atoms with Crippen LogP contribution in [0.2, 0.25) is 0 Å². The highest BCUT2D eigenvalue weighted by molar-refractivity contribution is 6.39. The lowest BCUT2D eigenvalue weighted by atomic mass is 10.1. The van der Waals surface area contributed by atoms with Crippen molar-refractivity contribution >= 4 is 34.8 Å². The van der Waals surface area contributed by atoms with Crippen molar-refractivity contribution in [3.05, 3.63) is 60.2 Å². The first-order valence-electron chi connectivity index (χ1n) is 11.4. The van der Waals surface area contributed by atoms with Crippen LogP contribution in [0.25, 0.3) is 0 Å². The Morgan fingerprint density at radius 1 is 1.03 bits per heavy atom. The van der Waals surface area contributed by atoms with Crippen LogP contribution >= 0.6 is 0 Å². The topological polar surface area (TPSA) is 94.6 Å². The van der Waals surface area contributed by atoms with Gasteiger partial charge in [0.05, 0.1) is 26.3 Å². The second kappa shape index (κ2) is 10.9. The van der Waals surface area contributed by atoms with E-state index in [-0.39, 0.29) is 42.8 Å². The Balaban J connectivity index is 1.32. The van der Waals surface area contributed by atoms with Crippen LogP contribution in [0.15, 0.2) is 59.7 Å². The molecule has 2 aromatic carbocycles. The smallest absolute Gasteiger partial charge is 0.270 e. The van der Waals surface area contributed by atoms with Gasteiger partial charge in [0.15, 0.2) is 0 Å². The number of benzene rings is 2. The summed E-state index contributed by atoms with van der Waals surface area (Å²) >= 11 is 0. The maximum atomic E-state index is 12.9. The van der Waals surface area contributed by atoms with Gasteiger partial charge in [0, 0.05) is 44.4 Å². The Kier molecular flexibility index (Phi) is 7.54. The van der Waals surface area contributed by atoms with Crippen LogP contribution in [-0.4, -0.2) is 73.2 Å². The van der Waals surface area contributed by atoms with Gasteiger partial charge in [-0.25, -0.2) is 5.01 Å². The molecule has 0 atom stereocenters. The highest BCUT2D eigenvalue weighted by Crippen LogP contribution is 2.19. The summed E-state index contributed by atoms with van der Waals surface area (Å²) in [6.07, 6.45) is 0.477. The predicted molar refractivity (Wildman–Crippen MR) is 129 cm³/mol. The number of rotatable bonds is 7. The van der Waals surface area contributed by atoms with Crippen molar-refractivity contribution in [2.24, 2.45) is 5.10 Å². The van der Waals surface area contributed by atoms with Gasteiger partial charge in [-0.05, 0) is 29.8 Å². The Hall–Kier alpha value is -3.72. The molecule has 1 fully saturated rings. The first kappa shape index (κ1) is 23.4. The summed E-state index contributed by atoms with van der Waals surface area (Å²) in [7, 11) is 1.56. The van der Waals surface area contributed by atoms with Crippen LogP contribution in [0.4, 0.5) is 11.4 Å². The molecule has 4 rings (SSSR count). The van der Waals surface area contributed by atoms with Crippen molar-refractivity contribution in [1.29, 1.82) is 0 Å². The molecule has 2 heterocycles. The van der Waals surface area contributed by atoms with Crippen molar-refractivity contribution in [2.75, 3.05) is 50.1 Å². The number of likely N-dealkylation sites (N-methyl/N-ethyl adjacent to an activating group) is 1. The fourth-order valence-electron chi connectivity index (χ4n) is 3.92. The number of hydrogen-bond acceptors (Lipinski definition) is 6. The maximum Gasteiger partial charge on any atom is 0.270 e. The third-order valence-electron chi connectivity index (χ3n) is 5.78. The lowest BCUT2D eigenvalue weighted by Crippen LogP contribution is -2.42. The third kappa shape index (κ3) is 5.99. The summed E-state index contributed by atoms with van der Waals surface area (Å²) in [5.41, 5.74) is 2.96. The number of hydrazone groups is 1. The number of anilines is 2. The zero-order valence-electron chi connectivity index (χ0n) is 19.3. The average molecular weight is 464 g/mol. The molecule has 2 aliphatic rings. The standard InChI is InChI=1S/C25H29N5O4/c1-28(18-23(31)26-20-7-9-21(10-8-20)29-13-15-34-16-14-29)25(33)22-11-12-24(32)30(27-22)17-19-5-3-2-4-6-19/h2-10H,11-18H2,1H3,(H,26,31). The van der Waals surface area contributed by atoms with Gasteiger partial charge < -0.3 is 19.9 Å². The van der Waals surface area contributed by atoms with Gasteiger partial charge in [0.2, 0.25) is 11.8 Å². The summed E-state index contributed by atoms with van der Waals surface area (Å²) in [5.74, 6) is -0.784. The molecule has 1 saturated heterocycles. The second-order valence-electron chi connectivity index (χ2n) is 8.34. The third-order valence-corrected chi connectivity index (χ3v) is 5.78. The number of nitrogens with one attached hydrogen (secondary N) is 1. The lowest BCUT2D eigenvalue weighted by molar-refractivity contribution is -0.133. The van der Waals surface area contributed by atoms with E-state index in [1.165, 1.54) is 9.91 Å². The van der Waals surface area contributed by atoms with E-state index < -0.39 is 0 Å². The van der Waals surface area contributed by atoms with Gasteiger partial charge in [-0.15, -0.1) is 0 Å². The summed E-state index contributed by atoms with van der Waals surface area (Å²) < 4.78 is 5.38. The first-order valence-corrected chi connectivity index (χ1v) is 11.4. The fraction of sp³-hybridized carbons (Fsp3) is 0.360. The van der Waals surface area contributed by atoms with Crippen molar-refractivity contribution in [1.82, 2.24) is 9.91 Å². The quantitative estimate of drug-likeness (QED) is 0.679. The Morgan fingerprint density at radius 2 is 1.74 bits per heavy atom. The second-order valence-corrected chi connectivity index (χ2v) is 8.34. The molecule has 3 amide bonds. The molecule has 9 heteroatoms. The van der Waals surface area contributed by atoms with E-state index in [4.69, 9.17) is 4.74 Å². The molecule has 2 aliphatic heterocycles. The van der Waals surface area contributed by atoms with Crippen LogP contribution < -0.4 is 10.2 Å². The number of carbonyl (C=O) groups is 3. The Bertz CT molecular complexity index is 1050. The molecule has 34 heavy (non-hydrogen) atoms. The summed E-state index contributed by atoms with van der Waals surface area (Å²) in [4.78, 5) is 41.2. The highest BCUT2D eigenvalue weighted by Gasteiger charge is 2.27. The molecule has 1 N–H and O–H groups in total. The number of morpholine rings is 1. The molecule has 0 aliphatic carbocycles. The number of ether oxygens (including phenoxy) is 1. The first-order chi connectivity index (χ1) is 16.5. The minimum absolute atomic E-state index is 0.115. The van der Waals surface area contributed by atoms with E-state index in [2.05, 4.69) is 15.3 Å². The SMILES string of the molecule is CN(CC(=O)Nc1ccc(N2CCOCC2)cc1)C(=O)C1=NN(Cc2ccccc2)C(=O)CC1. The summed E-state index contributed by atoms with van der Waals surface area (Å²) in [6.45, 7) is 3.30. The monoisotopic (exact) mass is 463 g/mol. The molecule has 178 valence electrons. The van der Waals surface area contributed by atoms with Crippen LogP contribution in [0, 0.1) is 0 Å². The van der Waals surface area contributed by atoms with Gasteiger partial charge in [0.1, 0.15) is 5.71 Å². The zero-order chi connectivity index (χ0) is 23.9. The van der Waals surface area contributed by atoms with Crippen molar-refractivity contribution < 1.29 is 19.1 Å². The van der Waals surface area contributed by atoms with E-state index in [0.717, 1.165) is 24.3 Å². The average Bonchev–Trinajstić information content (AvgIpc) is 2.86. The fourth-order valence-corrected chi connectivity index (χ4v) is 3.92. The molecular weight excluding hydrogens is 434 g/mol. The predicted octanol–water partition coefficient (Wildman–Crippen LogP) is 2.10. The van der Waals surface area contributed by atoms with Gasteiger partial charge in [-0.1, -0.05) is 30.3 Å². The van der Waals surface area contributed by atoms with Crippen molar-refractivity contribution in [3.63, 3.8) is 0 Å². The largest absolute Gasteiger partial charge is 0.378 e. The highest BCUT2D eigenvalue weighted by atomic mass is 16.5. The molecular formula is C25H29N5O4. The summed E-state index contributed by atoms with van der Waals surface area (Å²) in [6, 6.07) is 17.1. The molecule has 0 unspecified atom stereocenters. The van der Waals surface area contributed by atoms with E-state index in [0.29, 0.717) is 25.4 Å². The minimum atomic E-state index is -0.358. The van der Waals surface area contributed by atoms with Gasteiger partial charge in [-0.2, -0.15) is 5.10 Å². The number of amides is 3. The van der Waals surface area contributed by atoms with Gasteiger partial charge in [0.25, 0.3) is 5.91 Å². The van der Waals surface area contributed by atoms with Gasteiger partial charge in [-0.3, -0.25) is 14.4 Å². The Labute approximate surface area is 199 Å². The number of hydrogen-bond donors (Lipinski definition) is 1. The number of carbonyl (C=O) groups excluding carboxylic acids is 3. The molecule has 0 bridgehead atoms. The minimum Gasteiger partial charge on any atom is -0.378 e. The van der Waals surface area contributed by atoms with Crippen molar-refractivity contribution in [3.8, 4) is 0 Å². The lowest BCUT2D eigenvalue weighted by Gasteiger charge is -2.29. The maximum absolute atomic E-state index is 12.9. The van der Waals surface area contributed by atoms with E-state index >= 15 is 0 Å². The van der Waals surface area contributed by atoms with Crippen LogP contribution in [0.5, 0.6) is 0 Å². The van der Waals surface area contributed by atoms with E-state index in [1.807, 2.05) is 54.6 Å². The molecule has 9 nitrogen and oxygen atoms in total. The molecule has 0 radical (unpaired) electrons. The zero-order valence-corrected chi connectivity index (χ0v) is 19.3. The normalized spacial score (nSPS) is 16.1. The van der Waals surface area contributed by atoms with E-state index in [1.54, 1.807) is 7.05 Å². The van der Waals surface area contributed by atoms with Gasteiger partial charge >= 0.3 is 0 Å². The van der Waals surface area contributed by atoms with Crippen LogP contribution in [-0.2, 0) is 25.7 Å². The van der Waals surface area contributed by atoms with Crippen LogP contribution in [0.1, 0.15) is 18.4 Å².